The predicted molar refractivity (Wildman–Crippen MR) is 48.8 cm³/mol. The molecule has 1 aliphatic heterocycles. The van der Waals surface area contributed by atoms with Crippen molar-refractivity contribution in [2.75, 3.05) is 13.1 Å². The molecule has 1 rings (SSSR count). The summed E-state index contributed by atoms with van der Waals surface area (Å²) < 4.78 is 0. The summed E-state index contributed by atoms with van der Waals surface area (Å²) in [6, 6.07) is 1.46. The normalized spacial score (nSPS) is 32.2. The van der Waals surface area contributed by atoms with Crippen LogP contribution in [0.2, 0.25) is 0 Å². The van der Waals surface area contributed by atoms with Crippen LogP contribution < -0.4 is 10.6 Å². The minimum Gasteiger partial charge on any atom is -0.313 e. The van der Waals surface area contributed by atoms with E-state index in [1.165, 1.54) is 25.8 Å². The van der Waals surface area contributed by atoms with Gasteiger partial charge in [0.15, 0.2) is 0 Å². The first-order valence-electron chi connectivity index (χ1n) is 4.79. The molecule has 66 valence electrons. The summed E-state index contributed by atoms with van der Waals surface area (Å²) in [5.74, 6) is 0. The minimum absolute atomic E-state index is 0.728. The Morgan fingerprint density at radius 1 is 1.45 bits per heavy atom. The number of piperidine rings is 1. The van der Waals surface area contributed by atoms with E-state index in [0.29, 0.717) is 0 Å². The molecular weight excluding hydrogens is 136 g/mol. The topological polar surface area (TPSA) is 24.1 Å². The predicted octanol–water partition coefficient (Wildman–Crippen LogP) is 1.13. The van der Waals surface area contributed by atoms with E-state index in [4.69, 9.17) is 0 Å². The molecule has 1 fully saturated rings. The van der Waals surface area contributed by atoms with Crippen LogP contribution >= 0.6 is 0 Å². The van der Waals surface area contributed by atoms with E-state index in [1.54, 1.807) is 0 Å². The molecule has 2 N–H and O–H groups in total. The smallest absolute Gasteiger partial charge is 0.0193 e. The quantitative estimate of drug-likeness (QED) is 0.640. The maximum atomic E-state index is 3.53. The molecule has 2 unspecified atom stereocenters. The zero-order chi connectivity index (χ0) is 8.10. The van der Waals surface area contributed by atoms with Crippen molar-refractivity contribution in [3.8, 4) is 0 Å². The summed E-state index contributed by atoms with van der Waals surface area (Å²) in [5.41, 5.74) is 0. The maximum absolute atomic E-state index is 3.53. The molecule has 11 heavy (non-hydrogen) atoms. The van der Waals surface area contributed by atoms with Crippen molar-refractivity contribution in [1.29, 1.82) is 0 Å². The zero-order valence-electron chi connectivity index (χ0n) is 7.69. The van der Waals surface area contributed by atoms with Crippen LogP contribution in [0.5, 0.6) is 0 Å². The molecule has 2 nitrogen and oxygen atoms in total. The van der Waals surface area contributed by atoms with Crippen LogP contribution in [0.25, 0.3) is 0 Å². The molecule has 1 heterocycles. The van der Waals surface area contributed by atoms with E-state index in [0.717, 1.165) is 18.6 Å². The monoisotopic (exact) mass is 156 g/mol. The summed E-state index contributed by atoms with van der Waals surface area (Å²) in [6.45, 7) is 6.80. The maximum Gasteiger partial charge on any atom is 0.0193 e. The lowest BCUT2D eigenvalue weighted by Crippen LogP contribution is -2.46. The van der Waals surface area contributed by atoms with Crippen molar-refractivity contribution >= 4 is 0 Å². The number of hydrogen-bond donors (Lipinski definition) is 2. The van der Waals surface area contributed by atoms with Crippen molar-refractivity contribution in [2.24, 2.45) is 0 Å². The third-order valence-corrected chi connectivity index (χ3v) is 2.34. The summed E-state index contributed by atoms with van der Waals surface area (Å²) in [7, 11) is 0. The molecule has 0 aliphatic carbocycles. The van der Waals surface area contributed by atoms with E-state index in [-0.39, 0.29) is 0 Å². The molecule has 1 aliphatic rings. The van der Waals surface area contributed by atoms with Gasteiger partial charge in [-0.15, -0.1) is 0 Å². The minimum atomic E-state index is 0.728. The van der Waals surface area contributed by atoms with Crippen LogP contribution in [-0.4, -0.2) is 25.2 Å². The first kappa shape index (κ1) is 9.01. The number of nitrogens with one attached hydrogen (secondary N) is 2. The van der Waals surface area contributed by atoms with Gasteiger partial charge in [-0.1, -0.05) is 6.92 Å². The van der Waals surface area contributed by atoms with Gasteiger partial charge in [0.1, 0.15) is 0 Å². The van der Waals surface area contributed by atoms with Gasteiger partial charge >= 0.3 is 0 Å². The van der Waals surface area contributed by atoms with Crippen molar-refractivity contribution in [1.82, 2.24) is 10.6 Å². The number of hydrogen-bond acceptors (Lipinski definition) is 2. The molecular formula is C9H20N2. The Hall–Kier alpha value is -0.0800. The average molecular weight is 156 g/mol. The molecule has 0 spiro atoms. The van der Waals surface area contributed by atoms with Crippen LogP contribution in [0, 0.1) is 0 Å². The lowest BCUT2D eigenvalue weighted by atomic mass is 10.0. The SMILES string of the molecule is CCCNC1CCC(C)NC1. The fraction of sp³-hybridized carbons (Fsp3) is 1.00. The van der Waals surface area contributed by atoms with Gasteiger partial charge in [0.05, 0.1) is 0 Å². The van der Waals surface area contributed by atoms with Gasteiger partial charge in [0, 0.05) is 18.6 Å². The van der Waals surface area contributed by atoms with Crippen molar-refractivity contribution in [3.63, 3.8) is 0 Å². The molecule has 2 atom stereocenters. The van der Waals surface area contributed by atoms with Crippen molar-refractivity contribution in [3.05, 3.63) is 0 Å². The first-order valence-corrected chi connectivity index (χ1v) is 4.79. The molecule has 2 heteroatoms. The second kappa shape index (κ2) is 4.73. The Bertz CT molecular complexity index is 93.0. The van der Waals surface area contributed by atoms with Crippen molar-refractivity contribution in [2.45, 2.75) is 45.2 Å². The molecule has 0 amide bonds. The molecule has 0 aromatic carbocycles. The van der Waals surface area contributed by atoms with E-state index < -0.39 is 0 Å². The second-order valence-electron chi connectivity index (χ2n) is 3.54. The summed E-state index contributed by atoms with van der Waals surface area (Å²) >= 11 is 0. The Balaban J connectivity index is 2.07. The van der Waals surface area contributed by atoms with Gasteiger partial charge in [0.25, 0.3) is 0 Å². The fourth-order valence-electron chi connectivity index (χ4n) is 1.52. The summed E-state index contributed by atoms with van der Waals surface area (Å²) in [6.07, 6.45) is 3.90. The first-order chi connectivity index (χ1) is 5.33. The standard InChI is InChI=1S/C9H20N2/c1-3-6-10-9-5-4-8(2)11-7-9/h8-11H,3-7H2,1-2H3. The highest BCUT2D eigenvalue weighted by molar-refractivity contribution is 4.79. The van der Waals surface area contributed by atoms with Crippen LogP contribution in [0.1, 0.15) is 33.1 Å². The van der Waals surface area contributed by atoms with Gasteiger partial charge in [-0.2, -0.15) is 0 Å². The Morgan fingerprint density at radius 2 is 2.27 bits per heavy atom. The Kier molecular flexibility index (Phi) is 3.87. The van der Waals surface area contributed by atoms with E-state index in [2.05, 4.69) is 24.5 Å². The van der Waals surface area contributed by atoms with Gasteiger partial charge < -0.3 is 10.6 Å². The molecule has 0 saturated carbocycles. The van der Waals surface area contributed by atoms with E-state index in [1.807, 2.05) is 0 Å². The average Bonchev–Trinajstić information content (AvgIpc) is 2.04. The van der Waals surface area contributed by atoms with Gasteiger partial charge in [-0.05, 0) is 32.7 Å². The third kappa shape index (κ3) is 3.21. The van der Waals surface area contributed by atoms with Crippen molar-refractivity contribution < 1.29 is 0 Å². The van der Waals surface area contributed by atoms with Crippen LogP contribution in [0.15, 0.2) is 0 Å². The van der Waals surface area contributed by atoms with E-state index in [9.17, 15) is 0 Å². The Morgan fingerprint density at radius 3 is 2.82 bits per heavy atom. The summed E-state index contributed by atoms with van der Waals surface area (Å²) in [4.78, 5) is 0. The van der Waals surface area contributed by atoms with Gasteiger partial charge in [-0.3, -0.25) is 0 Å². The third-order valence-electron chi connectivity index (χ3n) is 2.34. The Labute approximate surface area is 69.8 Å². The fourth-order valence-corrected chi connectivity index (χ4v) is 1.52. The highest BCUT2D eigenvalue weighted by atomic mass is 15.0. The van der Waals surface area contributed by atoms with Crippen LogP contribution in [0.4, 0.5) is 0 Å². The molecule has 1 saturated heterocycles. The van der Waals surface area contributed by atoms with Crippen LogP contribution in [-0.2, 0) is 0 Å². The number of rotatable bonds is 3. The summed E-state index contributed by atoms with van der Waals surface area (Å²) in [5, 5.41) is 7.01. The van der Waals surface area contributed by atoms with E-state index >= 15 is 0 Å². The highest BCUT2D eigenvalue weighted by Crippen LogP contribution is 2.06. The largest absolute Gasteiger partial charge is 0.313 e. The molecule has 0 aromatic rings. The zero-order valence-corrected chi connectivity index (χ0v) is 7.69. The van der Waals surface area contributed by atoms with Crippen LogP contribution in [0.3, 0.4) is 0 Å². The van der Waals surface area contributed by atoms with Gasteiger partial charge in [0.2, 0.25) is 0 Å². The van der Waals surface area contributed by atoms with Gasteiger partial charge in [-0.25, -0.2) is 0 Å². The lowest BCUT2D eigenvalue weighted by molar-refractivity contribution is 0.339. The second-order valence-corrected chi connectivity index (χ2v) is 3.54. The molecule has 0 bridgehead atoms. The highest BCUT2D eigenvalue weighted by Gasteiger charge is 2.15. The molecule has 0 aromatic heterocycles. The molecule has 0 radical (unpaired) electrons. The lowest BCUT2D eigenvalue weighted by Gasteiger charge is -2.28.